The van der Waals surface area contributed by atoms with Gasteiger partial charge in [0.15, 0.2) is 5.82 Å². The molecule has 0 saturated carbocycles. The summed E-state index contributed by atoms with van der Waals surface area (Å²) < 4.78 is 35.3. The first-order valence-corrected chi connectivity index (χ1v) is 11.3. The van der Waals surface area contributed by atoms with Crippen LogP contribution in [0, 0.1) is 10.1 Å². The smallest absolute Gasteiger partial charge is 0.280 e. The second-order valence-electron chi connectivity index (χ2n) is 7.09. The normalized spacial score (nSPS) is 11.3. The van der Waals surface area contributed by atoms with Crippen molar-refractivity contribution in [1.82, 2.24) is 9.97 Å². The van der Waals surface area contributed by atoms with Gasteiger partial charge in [0.05, 0.1) is 35.1 Å². The van der Waals surface area contributed by atoms with Crippen molar-refractivity contribution in [2.75, 3.05) is 19.5 Å². The fraction of sp³-hybridized carbons (Fsp3) is 0.0909. The average Bonchev–Trinajstić information content (AvgIpc) is 2.82. The standard InChI is InChI=1S/C22H19N5O6S/c1-32-14-10-13(11-15(12-14)33-2)24-22-21(25-16-6-3-4-7-17(16)26-22)20-18(27(28)29)8-5-9-19(20)34(23,30)31/h3-12H,1-2H3,(H,24,26)(H2,23,30,31). The van der Waals surface area contributed by atoms with E-state index in [2.05, 4.69) is 15.3 Å². The Morgan fingerprint density at radius 3 is 2.12 bits per heavy atom. The van der Waals surface area contributed by atoms with Gasteiger partial charge in [0.2, 0.25) is 10.0 Å². The van der Waals surface area contributed by atoms with Crippen LogP contribution in [0.1, 0.15) is 0 Å². The summed E-state index contributed by atoms with van der Waals surface area (Å²) in [6, 6.07) is 15.4. The van der Waals surface area contributed by atoms with Crippen LogP contribution in [0.15, 0.2) is 65.6 Å². The molecule has 0 aliphatic carbocycles. The van der Waals surface area contributed by atoms with E-state index in [1.165, 1.54) is 32.4 Å². The maximum absolute atomic E-state index is 12.4. The van der Waals surface area contributed by atoms with Crippen LogP contribution in [0.5, 0.6) is 11.5 Å². The molecule has 3 N–H and O–H groups in total. The first-order valence-electron chi connectivity index (χ1n) is 9.78. The van der Waals surface area contributed by atoms with E-state index in [4.69, 9.17) is 14.6 Å². The Balaban J connectivity index is 2.04. The van der Waals surface area contributed by atoms with Crippen LogP contribution in [0.3, 0.4) is 0 Å². The van der Waals surface area contributed by atoms with Crippen molar-refractivity contribution in [2.24, 2.45) is 5.14 Å². The monoisotopic (exact) mass is 481 g/mol. The molecule has 12 heteroatoms. The number of nitrogens with two attached hydrogens (primary N) is 1. The van der Waals surface area contributed by atoms with Crippen molar-refractivity contribution in [2.45, 2.75) is 4.90 Å². The van der Waals surface area contributed by atoms with Gasteiger partial charge in [0, 0.05) is 30.0 Å². The number of primary sulfonamides is 1. The lowest BCUT2D eigenvalue weighted by Crippen LogP contribution is -2.15. The molecule has 1 aromatic heterocycles. The van der Waals surface area contributed by atoms with E-state index in [1.807, 2.05) is 0 Å². The molecule has 0 bridgehead atoms. The quantitative estimate of drug-likeness (QED) is 0.297. The Bertz CT molecular complexity index is 1500. The lowest BCUT2D eigenvalue weighted by atomic mass is 10.1. The molecule has 0 atom stereocenters. The molecule has 3 aromatic carbocycles. The molecule has 1 heterocycles. The topological polar surface area (TPSA) is 160 Å². The van der Waals surface area contributed by atoms with E-state index in [-0.39, 0.29) is 17.1 Å². The van der Waals surface area contributed by atoms with E-state index in [0.717, 1.165) is 0 Å². The molecular weight excluding hydrogens is 462 g/mol. The maximum atomic E-state index is 12.4. The number of fused-ring (bicyclic) bond motifs is 1. The zero-order valence-electron chi connectivity index (χ0n) is 18.1. The molecule has 0 aliphatic heterocycles. The predicted molar refractivity (Wildman–Crippen MR) is 126 cm³/mol. The number of rotatable bonds is 7. The fourth-order valence-corrected chi connectivity index (χ4v) is 4.18. The highest BCUT2D eigenvalue weighted by Crippen LogP contribution is 2.39. The molecule has 11 nitrogen and oxygen atoms in total. The predicted octanol–water partition coefficient (Wildman–Crippen LogP) is 3.61. The van der Waals surface area contributed by atoms with E-state index < -0.39 is 25.5 Å². The van der Waals surface area contributed by atoms with Crippen LogP contribution in [0.25, 0.3) is 22.3 Å². The maximum Gasteiger partial charge on any atom is 0.280 e. The van der Waals surface area contributed by atoms with Crippen LogP contribution >= 0.6 is 0 Å². The average molecular weight is 481 g/mol. The number of anilines is 2. The number of hydrogen-bond acceptors (Lipinski definition) is 9. The number of nitro groups is 1. The molecule has 0 spiro atoms. The zero-order chi connectivity index (χ0) is 24.5. The highest BCUT2D eigenvalue weighted by atomic mass is 32.2. The van der Waals surface area contributed by atoms with E-state index >= 15 is 0 Å². The van der Waals surface area contributed by atoms with Crippen LogP contribution in [0.2, 0.25) is 0 Å². The molecule has 0 fully saturated rings. The minimum atomic E-state index is -4.34. The van der Waals surface area contributed by atoms with Gasteiger partial charge < -0.3 is 14.8 Å². The van der Waals surface area contributed by atoms with Crippen molar-refractivity contribution in [3.05, 3.63) is 70.8 Å². The van der Waals surface area contributed by atoms with Crippen LogP contribution in [-0.2, 0) is 10.0 Å². The number of methoxy groups -OCH3 is 2. The van der Waals surface area contributed by atoms with Crippen molar-refractivity contribution in [1.29, 1.82) is 0 Å². The number of sulfonamides is 1. The summed E-state index contributed by atoms with van der Waals surface area (Å²) in [5, 5.41) is 20.3. The van der Waals surface area contributed by atoms with Gasteiger partial charge >= 0.3 is 0 Å². The number of benzene rings is 3. The van der Waals surface area contributed by atoms with Crippen LogP contribution in [0.4, 0.5) is 17.2 Å². The largest absolute Gasteiger partial charge is 0.497 e. The van der Waals surface area contributed by atoms with Crippen LogP contribution in [-0.4, -0.2) is 37.5 Å². The highest BCUT2D eigenvalue weighted by molar-refractivity contribution is 7.89. The SMILES string of the molecule is COc1cc(Nc2nc3ccccc3nc2-c2c([N+](=O)[O-])cccc2S(N)(=O)=O)cc(OC)c1. The Morgan fingerprint density at radius 2 is 1.56 bits per heavy atom. The first kappa shape index (κ1) is 22.9. The summed E-state index contributed by atoms with van der Waals surface area (Å²) in [6.45, 7) is 0. The van der Waals surface area contributed by atoms with Gasteiger partial charge in [-0.1, -0.05) is 18.2 Å². The Hall–Kier alpha value is -4.29. The van der Waals surface area contributed by atoms with Gasteiger partial charge in [-0.3, -0.25) is 10.1 Å². The van der Waals surface area contributed by atoms with Crippen molar-refractivity contribution in [3.8, 4) is 22.8 Å². The number of nitrogens with one attached hydrogen (secondary N) is 1. The van der Waals surface area contributed by atoms with Gasteiger partial charge in [-0.15, -0.1) is 0 Å². The molecule has 0 saturated heterocycles. The summed E-state index contributed by atoms with van der Waals surface area (Å²) >= 11 is 0. The van der Waals surface area contributed by atoms with Gasteiger partial charge in [0.1, 0.15) is 22.8 Å². The molecule has 34 heavy (non-hydrogen) atoms. The third kappa shape index (κ3) is 4.44. The molecule has 174 valence electrons. The molecule has 0 aliphatic rings. The summed E-state index contributed by atoms with van der Waals surface area (Å²) in [4.78, 5) is 19.8. The van der Waals surface area contributed by atoms with Crippen molar-refractivity contribution < 1.29 is 22.8 Å². The molecule has 0 unspecified atom stereocenters. The Kier molecular flexibility index (Phi) is 6.01. The number of ether oxygens (including phenoxy) is 2. The minimum Gasteiger partial charge on any atom is -0.497 e. The van der Waals surface area contributed by atoms with Crippen molar-refractivity contribution >= 4 is 38.2 Å². The fourth-order valence-electron chi connectivity index (χ4n) is 3.42. The molecular formula is C22H19N5O6S. The highest BCUT2D eigenvalue weighted by Gasteiger charge is 2.29. The zero-order valence-corrected chi connectivity index (χ0v) is 18.9. The number of aromatic nitrogens is 2. The second kappa shape index (κ2) is 8.92. The van der Waals surface area contributed by atoms with Gasteiger partial charge in [-0.2, -0.15) is 0 Å². The second-order valence-corrected chi connectivity index (χ2v) is 8.62. The molecule has 0 radical (unpaired) electrons. The van der Waals surface area contributed by atoms with Gasteiger partial charge in [-0.25, -0.2) is 23.5 Å². The number of hydrogen-bond donors (Lipinski definition) is 2. The number of nitrogens with zero attached hydrogens (tertiary/aromatic N) is 3. The van der Waals surface area contributed by atoms with E-state index in [9.17, 15) is 18.5 Å². The number of para-hydroxylation sites is 2. The summed E-state index contributed by atoms with van der Waals surface area (Å²) in [5.74, 6) is 1.04. The first-order chi connectivity index (χ1) is 16.2. The third-order valence-corrected chi connectivity index (χ3v) is 5.88. The minimum absolute atomic E-state index is 0.0585. The summed E-state index contributed by atoms with van der Waals surface area (Å²) in [5.41, 5.74) is 0.548. The Labute approximate surface area is 194 Å². The Morgan fingerprint density at radius 1 is 0.941 bits per heavy atom. The lowest BCUT2D eigenvalue weighted by molar-refractivity contribution is -0.384. The summed E-state index contributed by atoms with van der Waals surface area (Å²) in [7, 11) is -1.36. The van der Waals surface area contributed by atoms with Gasteiger partial charge in [0.25, 0.3) is 5.69 Å². The van der Waals surface area contributed by atoms with Gasteiger partial charge in [-0.05, 0) is 18.2 Å². The molecule has 4 rings (SSSR count). The molecule has 0 amide bonds. The lowest BCUT2D eigenvalue weighted by Gasteiger charge is -2.15. The molecule has 4 aromatic rings. The third-order valence-electron chi connectivity index (χ3n) is 4.93. The van der Waals surface area contributed by atoms with E-state index in [0.29, 0.717) is 28.2 Å². The number of nitro benzene ring substituents is 1. The summed E-state index contributed by atoms with van der Waals surface area (Å²) in [6.07, 6.45) is 0. The van der Waals surface area contributed by atoms with Crippen LogP contribution < -0.4 is 19.9 Å². The van der Waals surface area contributed by atoms with Crippen molar-refractivity contribution in [3.63, 3.8) is 0 Å². The van der Waals surface area contributed by atoms with E-state index in [1.54, 1.807) is 42.5 Å².